The van der Waals surface area contributed by atoms with Crippen molar-refractivity contribution in [2.75, 3.05) is 26.2 Å². The Kier molecular flexibility index (Phi) is 4.21. The third-order valence-electron chi connectivity index (χ3n) is 3.69. The van der Waals surface area contributed by atoms with Crippen LogP contribution in [-0.2, 0) is 0 Å². The summed E-state index contributed by atoms with van der Waals surface area (Å²) in [5.74, 6) is 2.85. The molecule has 0 N–H and O–H groups in total. The van der Waals surface area contributed by atoms with Gasteiger partial charge in [-0.25, -0.2) is 0 Å². The Labute approximate surface area is 140 Å². The number of nitrogens with zero attached hydrogens (tertiary/aromatic N) is 1. The van der Waals surface area contributed by atoms with Crippen LogP contribution in [0.25, 0.3) is 6.08 Å². The molecule has 0 saturated heterocycles. The molecule has 0 radical (unpaired) electrons. The molecule has 3 rings (SSSR count). The van der Waals surface area contributed by atoms with Crippen molar-refractivity contribution in [2.24, 2.45) is 0 Å². The van der Waals surface area contributed by atoms with E-state index in [1.54, 1.807) is 14.2 Å². The van der Waals surface area contributed by atoms with E-state index in [2.05, 4.69) is 0 Å². The first-order valence-electron chi connectivity index (χ1n) is 7.12. The van der Waals surface area contributed by atoms with Gasteiger partial charge in [-0.3, -0.25) is 0 Å². The first-order valence-corrected chi connectivity index (χ1v) is 7.53. The van der Waals surface area contributed by atoms with Crippen molar-refractivity contribution >= 4 is 29.0 Å². The van der Waals surface area contributed by atoms with Crippen molar-refractivity contribution < 1.29 is 14.2 Å². The Balaban J connectivity index is 2.05. The molecule has 1 aliphatic heterocycles. The van der Waals surface area contributed by atoms with Crippen LogP contribution in [0.4, 0.5) is 5.69 Å². The van der Waals surface area contributed by atoms with Gasteiger partial charge in [0, 0.05) is 12.6 Å². The van der Waals surface area contributed by atoms with Gasteiger partial charge in [-0.15, -0.1) is 0 Å². The zero-order valence-corrected chi connectivity index (χ0v) is 14.0. The molecule has 2 aromatic rings. The van der Waals surface area contributed by atoms with E-state index in [-0.39, 0.29) is 0 Å². The SMILES string of the molecule is COc1ccc(OC)c(/C=C2\Oc3ccccc3N(C)C2=S)c1. The number of ether oxygens (including phenoxy) is 3. The number of thiocarbonyl (C=S) groups is 1. The summed E-state index contributed by atoms with van der Waals surface area (Å²) < 4.78 is 16.7. The van der Waals surface area contributed by atoms with Gasteiger partial charge in [-0.05, 0) is 36.4 Å². The second-order valence-corrected chi connectivity index (χ2v) is 5.44. The molecular formula is C18H17NO3S. The van der Waals surface area contributed by atoms with Crippen molar-refractivity contribution in [3.8, 4) is 17.2 Å². The highest BCUT2D eigenvalue weighted by Gasteiger charge is 2.24. The number of likely N-dealkylation sites (N-methyl/N-ethyl adjacent to an activating group) is 1. The van der Waals surface area contributed by atoms with Gasteiger partial charge in [0.2, 0.25) is 0 Å². The molecular weight excluding hydrogens is 310 g/mol. The Hall–Kier alpha value is -2.53. The molecule has 0 fully saturated rings. The molecule has 0 aliphatic carbocycles. The topological polar surface area (TPSA) is 30.9 Å². The third kappa shape index (κ3) is 2.87. The predicted molar refractivity (Wildman–Crippen MR) is 95.6 cm³/mol. The number of hydrogen-bond acceptors (Lipinski definition) is 4. The quantitative estimate of drug-likeness (QED) is 0.630. The van der Waals surface area contributed by atoms with Gasteiger partial charge in [0.15, 0.2) is 11.5 Å². The Morgan fingerprint density at radius 2 is 1.87 bits per heavy atom. The second kappa shape index (κ2) is 6.30. The normalized spacial score (nSPS) is 15.2. The predicted octanol–water partition coefficient (Wildman–Crippen LogP) is 3.90. The van der Waals surface area contributed by atoms with Crippen LogP contribution in [0.15, 0.2) is 48.2 Å². The molecule has 0 spiro atoms. The van der Waals surface area contributed by atoms with Gasteiger partial charge in [0.25, 0.3) is 0 Å². The highest BCUT2D eigenvalue weighted by molar-refractivity contribution is 7.81. The number of hydrogen-bond donors (Lipinski definition) is 0. The molecule has 1 heterocycles. The molecule has 1 aliphatic rings. The van der Waals surface area contributed by atoms with Crippen LogP contribution in [0, 0.1) is 0 Å². The molecule has 2 aromatic carbocycles. The standard InChI is InChI=1S/C18H17NO3S/c1-19-14-6-4-5-7-16(14)22-17(18(19)23)11-12-10-13(20-2)8-9-15(12)21-3/h4-11H,1-3H3/b17-11-. The van der Waals surface area contributed by atoms with Crippen molar-refractivity contribution in [3.05, 3.63) is 53.8 Å². The van der Waals surface area contributed by atoms with E-state index in [0.29, 0.717) is 10.7 Å². The minimum absolute atomic E-state index is 0.604. The maximum atomic E-state index is 5.97. The van der Waals surface area contributed by atoms with Crippen LogP contribution in [0.2, 0.25) is 0 Å². The van der Waals surface area contributed by atoms with Gasteiger partial charge < -0.3 is 19.1 Å². The fourth-order valence-electron chi connectivity index (χ4n) is 2.44. The molecule has 0 saturated carbocycles. The summed E-state index contributed by atoms with van der Waals surface area (Å²) in [5.41, 5.74) is 1.80. The van der Waals surface area contributed by atoms with Crippen LogP contribution in [0.1, 0.15) is 5.56 Å². The van der Waals surface area contributed by atoms with E-state index >= 15 is 0 Å². The molecule has 0 atom stereocenters. The average Bonchev–Trinajstić information content (AvgIpc) is 2.59. The lowest BCUT2D eigenvalue weighted by atomic mass is 10.1. The van der Waals surface area contributed by atoms with Gasteiger partial charge in [-0.1, -0.05) is 24.4 Å². The Morgan fingerprint density at radius 1 is 1.09 bits per heavy atom. The summed E-state index contributed by atoms with van der Waals surface area (Å²) in [6.45, 7) is 0. The van der Waals surface area contributed by atoms with Crippen LogP contribution in [-0.4, -0.2) is 26.3 Å². The zero-order valence-electron chi connectivity index (χ0n) is 13.2. The number of rotatable bonds is 3. The molecule has 0 bridgehead atoms. The highest BCUT2D eigenvalue weighted by Crippen LogP contribution is 2.36. The average molecular weight is 327 g/mol. The lowest BCUT2D eigenvalue weighted by molar-refractivity contribution is 0.402. The van der Waals surface area contributed by atoms with E-state index in [4.69, 9.17) is 26.4 Å². The Morgan fingerprint density at radius 3 is 2.61 bits per heavy atom. The number of fused-ring (bicyclic) bond motifs is 1. The molecule has 23 heavy (non-hydrogen) atoms. The second-order valence-electron chi connectivity index (χ2n) is 5.05. The van der Waals surface area contributed by atoms with Crippen molar-refractivity contribution in [3.63, 3.8) is 0 Å². The summed E-state index contributed by atoms with van der Waals surface area (Å²) >= 11 is 5.53. The van der Waals surface area contributed by atoms with Crippen molar-refractivity contribution in [1.29, 1.82) is 0 Å². The fraction of sp³-hybridized carbons (Fsp3) is 0.167. The van der Waals surface area contributed by atoms with Gasteiger partial charge >= 0.3 is 0 Å². The fourth-order valence-corrected chi connectivity index (χ4v) is 2.64. The highest BCUT2D eigenvalue weighted by atomic mass is 32.1. The zero-order chi connectivity index (χ0) is 16.4. The summed E-state index contributed by atoms with van der Waals surface area (Å²) in [6, 6.07) is 13.4. The number of benzene rings is 2. The van der Waals surface area contributed by atoms with E-state index in [1.165, 1.54) is 0 Å². The molecule has 0 unspecified atom stereocenters. The van der Waals surface area contributed by atoms with E-state index < -0.39 is 0 Å². The first kappa shape index (κ1) is 15.4. The lowest BCUT2D eigenvalue weighted by Crippen LogP contribution is -2.32. The van der Waals surface area contributed by atoms with Gasteiger partial charge in [0.05, 0.1) is 19.9 Å². The van der Waals surface area contributed by atoms with Crippen LogP contribution < -0.4 is 19.1 Å². The van der Waals surface area contributed by atoms with Crippen LogP contribution >= 0.6 is 12.2 Å². The van der Waals surface area contributed by atoms with Crippen molar-refractivity contribution in [2.45, 2.75) is 0 Å². The van der Waals surface area contributed by atoms with E-state index in [1.807, 2.05) is 60.5 Å². The third-order valence-corrected chi connectivity index (χ3v) is 4.16. The molecule has 0 amide bonds. The number of anilines is 1. The number of para-hydroxylation sites is 2. The van der Waals surface area contributed by atoms with Gasteiger partial charge in [-0.2, -0.15) is 0 Å². The summed E-state index contributed by atoms with van der Waals surface area (Å²) in [5, 5.41) is 0. The smallest absolute Gasteiger partial charge is 0.163 e. The number of methoxy groups -OCH3 is 2. The molecule has 118 valence electrons. The molecule has 4 nitrogen and oxygen atoms in total. The van der Waals surface area contributed by atoms with E-state index in [0.717, 1.165) is 28.5 Å². The summed E-state index contributed by atoms with van der Waals surface area (Å²) in [6.07, 6.45) is 1.87. The van der Waals surface area contributed by atoms with Crippen LogP contribution in [0.3, 0.4) is 0 Å². The first-order chi connectivity index (χ1) is 11.1. The van der Waals surface area contributed by atoms with Crippen LogP contribution in [0.5, 0.6) is 17.2 Å². The van der Waals surface area contributed by atoms with Gasteiger partial charge in [0.1, 0.15) is 16.5 Å². The minimum atomic E-state index is 0.604. The largest absolute Gasteiger partial charge is 0.497 e. The minimum Gasteiger partial charge on any atom is -0.497 e. The van der Waals surface area contributed by atoms with E-state index in [9.17, 15) is 0 Å². The Bertz CT molecular complexity index is 786. The molecule has 5 heteroatoms. The summed E-state index contributed by atoms with van der Waals surface area (Å²) in [4.78, 5) is 2.56. The maximum Gasteiger partial charge on any atom is 0.163 e. The lowest BCUT2D eigenvalue weighted by Gasteiger charge is -2.29. The molecule has 0 aromatic heterocycles. The monoisotopic (exact) mass is 327 g/mol. The maximum absolute atomic E-state index is 5.97. The summed E-state index contributed by atoms with van der Waals surface area (Å²) in [7, 11) is 5.19. The van der Waals surface area contributed by atoms with Crippen molar-refractivity contribution in [1.82, 2.24) is 0 Å².